The molecule has 66 valence electrons. The number of hydrogen-bond donors (Lipinski definition) is 1. The molecule has 1 atom stereocenters. The van der Waals surface area contributed by atoms with Crippen LogP contribution < -0.4 is 5.73 Å². The van der Waals surface area contributed by atoms with Crippen molar-refractivity contribution >= 4 is 0 Å². The number of rotatable bonds is 2. The Kier molecular flexibility index (Phi) is 2.03. The minimum atomic E-state index is 0.439. The van der Waals surface area contributed by atoms with E-state index in [1.54, 1.807) is 0 Å². The summed E-state index contributed by atoms with van der Waals surface area (Å²) in [5.41, 5.74) is 5.50. The van der Waals surface area contributed by atoms with Crippen LogP contribution in [0, 0.1) is 0 Å². The molecule has 0 spiro atoms. The van der Waals surface area contributed by atoms with Gasteiger partial charge in [0.1, 0.15) is 0 Å². The smallest absolute Gasteiger partial charge is 0.151 e. The van der Waals surface area contributed by atoms with Gasteiger partial charge in [0.05, 0.1) is 6.04 Å². The maximum atomic E-state index is 5.50. The summed E-state index contributed by atoms with van der Waals surface area (Å²) in [5.74, 6) is 1.01. The molecule has 0 saturated heterocycles. The van der Waals surface area contributed by atoms with Gasteiger partial charge in [-0.3, -0.25) is 0 Å². The Bertz CT molecular complexity index is 256. The van der Waals surface area contributed by atoms with Crippen molar-refractivity contribution in [2.24, 2.45) is 5.73 Å². The van der Waals surface area contributed by atoms with E-state index in [2.05, 4.69) is 15.5 Å². The van der Waals surface area contributed by atoms with E-state index in [4.69, 9.17) is 5.73 Å². The summed E-state index contributed by atoms with van der Waals surface area (Å²) < 4.78 is 1.93. The minimum Gasteiger partial charge on any atom is -0.330 e. The molecule has 1 aromatic rings. The second kappa shape index (κ2) is 3.18. The summed E-state index contributed by atoms with van der Waals surface area (Å²) in [6.07, 6.45) is 4.34. The molecule has 0 bridgehead atoms. The first kappa shape index (κ1) is 7.67. The maximum absolute atomic E-state index is 5.50. The van der Waals surface area contributed by atoms with Crippen molar-refractivity contribution in [1.29, 1.82) is 0 Å². The highest BCUT2D eigenvalue weighted by atomic mass is 15.6. The van der Waals surface area contributed by atoms with E-state index in [9.17, 15) is 0 Å². The predicted octanol–water partition coefficient (Wildman–Crippen LogP) is -0.101. The van der Waals surface area contributed by atoms with Gasteiger partial charge < -0.3 is 5.73 Å². The highest BCUT2D eigenvalue weighted by molar-refractivity contribution is 4.89. The van der Waals surface area contributed by atoms with E-state index in [1.165, 1.54) is 6.42 Å². The van der Waals surface area contributed by atoms with E-state index in [0.717, 1.165) is 25.1 Å². The lowest BCUT2D eigenvalue weighted by atomic mass is 10.0. The van der Waals surface area contributed by atoms with Gasteiger partial charge >= 0.3 is 0 Å². The standard InChI is InChI=1S/C7H13N5/c8-5-4-6-2-1-3-7-9-10-11-12(6)7/h6H,1-5,8H2. The molecule has 5 nitrogen and oxygen atoms in total. The summed E-state index contributed by atoms with van der Waals surface area (Å²) in [7, 11) is 0. The third-order valence-electron chi connectivity index (χ3n) is 2.34. The first-order chi connectivity index (χ1) is 5.92. The average Bonchev–Trinajstić information content (AvgIpc) is 2.53. The fraction of sp³-hybridized carbons (Fsp3) is 0.857. The lowest BCUT2D eigenvalue weighted by Crippen LogP contribution is -2.21. The Labute approximate surface area is 70.9 Å². The van der Waals surface area contributed by atoms with Gasteiger partial charge in [-0.15, -0.1) is 5.10 Å². The lowest BCUT2D eigenvalue weighted by molar-refractivity contribution is 0.342. The number of aromatic nitrogens is 4. The van der Waals surface area contributed by atoms with Gasteiger partial charge in [0, 0.05) is 6.42 Å². The second-order valence-corrected chi connectivity index (χ2v) is 3.16. The van der Waals surface area contributed by atoms with Crippen molar-refractivity contribution in [2.45, 2.75) is 31.7 Å². The van der Waals surface area contributed by atoms with Crippen LogP contribution in [-0.2, 0) is 6.42 Å². The molecule has 5 heteroatoms. The van der Waals surface area contributed by atoms with E-state index < -0.39 is 0 Å². The Morgan fingerprint density at radius 3 is 3.33 bits per heavy atom. The summed E-state index contributed by atoms with van der Waals surface area (Å²) in [5, 5.41) is 11.6. The quantitative estimate of drug-likeness (QED) is 0.667. The lowest BCUT2D eigenvalue weighted by Gasteiger charge is -2.21. The number of aryl methyl sites for hydroxylation is 1. The first-order valence-corrected chi connectivity index (χ1v) is 4.38. The van der Waals surface area contributed by atoms with Gasteiger partial charge in [-0.05, 0) is 36.2 Å². The Balaban J connectivity index is 2.19. The molecule has 0 amide bonds. The van der Waals surface area contributed by atoms with Crippen molar-refractivity contribution in [3.8, 4) is 0 Å². The summed E-state index contributed by atoms with van der Waals surface area (Å²) in [4.78, 5) is 0. The van der Waals surface area contributed by atoms with Crippen LogP contribution in [-0.4, -0.2) is 26.8 Å². The van der Waals surface area contributed by atoms with Crippen LogP contribution in [0.3, 0.4) is 0 Å². The maximum Gasteiger partial charge on any atom is 0.151 e. The second-order valence-electron chi connectivity index (χ2n) is 3.16. The first-order valence-electron chi connectivity index (χ1n) is 4.38. The molecule has 0 saturated carbocycles. The highest BCUT2D eigenvalue weighted by Gasteiger charge is 2.20. The fourth-order valence-electron chi connectivity index (χ4n) is 1.74. The van der Waals surface area contributed by atoms with E-state index in [0.29, 0.717) is 12.6 Å². The molecular formula is C7H13N5. The number of nitrogens with two attached hydrogens (primary N) is 1. The van der Waals surface area contributed by atoms with Crippen molar-refractivity contribution in [3.63, 3.8) is 0 Å². The van der Waals surface area contributed by atoms with E-state index >= 15 is 0 Å². The summed E-state index contributed by atoms with van der Waals surface area (Å²) >= 11 is 0. The molecule has 0 aromatic carbocycles. The van der Waals surface area contributed by atoms with Crippen molar-refractivity contribution < 1.29 is 0 Å². The molecule has 0 radical (unpaired) electrons. The topological polar surface area (TPSA) is 69.6 Å². The summed E-state index contributed by atoms with van der Waals surface area (Å²) in [6, 6.07) is 0.439. The van der Waals surface area contributed by atoms with Gasteiger partial charge in [0.25, 0.3) is 0 Å². The van der Waals surface area contributed by atoms with Gasteiger partial charge in [0.2, 0.25) is 0 Å². The van der Waals surface area contributed by atoms with Crippen LogP contribution in [0.15, 0.2) is 0 Å². The molecule has 2 heterocycles. The van der Waals surface area contributed by atoms with Crippen LogP contribution in [0.1, 0.15) is 31.1 Å². The molecule has 2 rings (SSSR count). The highest BCUT2D eigenvalue weighted by Crippen LogP contribution is 2.23. The molecular weight excluding hydrogens is 154 g/mol. The number of nitrogens with zero attached hydrogens (tertiary/aromatic N) is 4. The summed E-state index contributed by atoms with van der Waals surface area (Å²) in [6.45, 7) is 0.712. The number of fused-ring (bicyclic) bond motifs is 1. The van der Waals surface area contributed by atoms with Crippen LogP contribution >= 0.6 is 0 Å². The Morgan fingerprint density at radius 2 is 2.50 bits per heavy atom. The van der Waals surface area contributed by atoms with Crippen LogP contribution in [0.4, 0.5) is 0 Å². The molecule has 12 heavy (non-hydrogen) atoms. The molecule has 2 N–H and O–H groups in total. The zero-order chi connectivity index (χ0) is 8.39. The number of hydrogen-bond acceptors (Lipinski definition) is 4. The van der Waals surface area contributed by atoms with Gasteiger partial charge in [0.15, 0.2) is 5.82 Å². The number of tetrazole rings is 1. The van der Waals surface area contributed by atoms with Crippen molar-refractivity contribution in [3.05, 3.63) is 5.82 Å². The predicted molar refractivity (Wildman–Crippen MR) is 43.5 cm³/mol. The molecule has 0 aliphatic carbocycles. The van der Waals surface area contributed by atoms with Crippen molar-refractivity contribution in [1.82, 2.24) is 20.2 Å². The minimum absolute atomic E-state index is 0.439. The SMILES string of the molecule is NCCC1CCCc2nnnn21. The zero-order valence-corrected chi connectivity index (χ0v) is 6.98. The van der Waals surface area contributed by atoms with Gasteiger partial charge in [-0.1, -0.05) is 0 Å². The molecule has 0 fully saturated rings. The average molecular weight is 167 g/mol. The third-order valence-corrected chi connectivity index (χ3v) is 2.34. The molecule has 1 unspecified atom stereocenters. The van der Waals surface area contributed by atoms with Crippen molar-refractivity contribution in [2.75, 3.05) is 6.54 Å². The monoisotopic (exact) mass is 167 g/mol. The normalized spacial score (nSPS) is 22.2. The van der Waals surface area contributed by atoms with Gasteiger partial charge in [-0.2, -0.15) is 0 Å². The van der Waals surface area contributed by atoms with Crippen LogP contribution in [0.2, 0.25) is 0 Å². The molecule has 1 aromatic heterocycles. The largest absolute Gasteiger partial charge is 0.330 e. The van der Waals surface area contributed by atoms with Gasteiger partial charge in [-0.25, -0.2) is 4.68 Å². The van der Waals surface area contributed by atoms with Crippen LogP contribution in [0.25, 0.3) is 0 Å². The molecule has 1 aliphatic heterocycles. The fourth-order valence-corrected chi connectivity index (χ4v) is 1.74. The van der Waals surface area contributed by atoms with Crippen LogP contribution in [0.5, 0.6) is 0 Å². The van der Waals surface area contributed by atoms with E-state index in [1.807, 2.05) is 4.68 Å². The zero-order valence-electron chi connectivity index (χ0n) is 6.98. The van der Waals surface area contributed by atoms with E-state index in [-0.39, 0.29) is 0 Å². The third kappa shape index (κ3) is 1.20. The Hall–Kier alpha value is -0.970. The Morgan fingerprint density at radius 1 is 1.58 bits per heavy atom. The molecule has 1 aliphatic rings.